The molecule has 0 bridgehead atoms. The lowest BCUT2D eigenvalue weighted by molar-refractivity contribution is -0.0521. The summed E-state index contributed by atoms with van der Waals surface area (Å²) in [5.41, 5.74) is 4.96. The third-order valence-corrected chi connectivity index (χ3v) is 6.17. The standard InChI is InChI=1S/C30H29F3O/c1-2-3-4-5-6-7-21-8-9-26-19-25(15-14-24(26)18-21)22-10-12-23(13-11-22)27-16-17-29(28(31)20-27)34-30(32)33/h8-20,30H,2-7H2,1H3. The van der Waals surface area contributed by atoms with E-state index in [4.69, 9.17) is 0 Å². The van der Waals surface area contributed by atoms with E-state index in [0.717, 1.165) is 23.1 Å². The molecule has 0 aliphatic carbocycles. The van der Waals surface area contributed by atoms with Crippen LogP contribution in [0.3, 0.4) is 0 Å². The first-order valence-corrected chi connectivity index (χ1v) is 11.9. The van der Waals surface area contributed by atoms with Gasteiger partial charge in [-0.2, -0.15) is 8.78 Å². The monoisotopic (exact) mass is 462 g/mol. The molecule has 0 radical (unpaired) electrons. The molecule has 4 heteroatoms. The summed E-state index contributed by atoms with van der Waals surface area (Å²) in [5, 5.41) is 2.45. The highest BCUT2D eigenvalue weighted by Crippen LogP contribution is 2.30. The van der Waals surface area contributed by atoms with E-state index < -0.39 is 18.2 Å². The third kappa shape index (κ3) is 5.99. The zero-order valence-corrected chi connectivity index (χ0v) is 19.4. The van der Waals surface area contributed by atoms with Crippen molar-refractivity contribution in [2.45, 2.75) is 52.1 Å². The van der Waals surface area contributed by atoms with E-state index in [-0.39, 0.29) is 0 Å². The SMILES string of the molecule is CCCCCCCc1ccc2cc(-c3ccc(-c4ccc(OC(F)F)c(F)c4)cc3)ccc2c1. The molecule has 34 heavy (non-hydrogen) atoms. The third-order valence-electron chi connectivity index (χ3n) is 6.17. The van der Waals surface area contributed by atoms with Gasteiger partial charge in [-0.15, -0.1) is 0 Å². The number of ether oxygens (including phenoxy) is 1. The fourth-order valence-electron chi connectivity index (χ4n) is 4.29. The Morgan fingerprint density at radius 1 is 0.647 bits per heavy atom. The maximum absolute atomic E-state index is 14.1. The second kappa shape index (κ2) is 11.2. The van der Waals surface area contributed by atoms with Crippen molar-refractivity contribution < 1.29 is 17.9 Å². The van der Waals surface area contributed by atoms with Crippen molar-refractivity contribution >= 4 is 10.8 Å². The van der Waals surface area contributed by atoms with Crippen molar-refractivity contribution in [2.75, 3.05) is 0 Å². The van der Waals surface area contributed by atoms with Gasteiger partial charge in [-0.3, -0.25) is 0 Å². The van der Waals surface area contributed by atoms with Crippen molar-refractivity contribution in [1.29, 1.82) is 0 Å². The number of benzene rings is 4. The summed E-state index contributed by atoms with van der Waals surface area (Å²) in [6.45, 7) is -0.814. The van der Waals surface area contributed by atoms with Crippen LogP contribution in [-0.4, -0.2) is 6.61 Å². The van der Waals surface area contributed by atoms with E-state index in [9.17, 15) is 13.2 Å². The van der Waals surface area contributed by atoms with E-state index in [1.807, 2.05) is 24.3 Å². The smallest absolute Gasteiger partial charge is 0.387 e. The lowest BCUT2D eigenvalue weighted by Crippen LogP contribution is -2.03. The average Bonchev–Trinajstić information content (AvgIpc) is 2.84. The van der Waals surface area contributed by atoms with Gasteiger partial charge in [0.05, 0.1) is 0 Å². The Morgan fingerprint density at radius 3 is 1.91 bits per heavy atom. The summed E-state index contributed by atoms with van der Waals surface area (Å²) < 4.78 is 42.9. The molecule has 0 aromatic heterocycles. The second-order valence-corrected chi connectivity index (χ2v) is 8.66. The Labute approximate surface area is 199 Å². The maximum atomic E-state index is 14.1. The van der Waals surface area contributed by atoms with E-state index in [1.165, 1.54) is 60.6 Å². The highest BCUT2D eigenvalue weighted by atomic mass is 19.3. The molecule has 0 saturated carbocycles. The van der Waals surface area contributed by atoms with Gasteiger partial charge in [0.15, 0.2) is 11.6 Å². The molecule has 0 fully saturated rings. The zero-order chi connectivity index (χ0) is 23.9. The molecule has 0 aliphatic heterocycles. The highest BCUT2D eigenvalue weighted by Gasteiger charge is 2.11. The summed E-state index contributed by atoms with van der Waals surface area (Å²) >= 11 is 0. The van der Waals surface area contributed by atoms with E-state index in [2.05, 4.69) is 48.1 Å². The van der Waals surface area contributed by atoms with Gasteiger partial charge in [-0.25, -0.2) is 4.39 Å². The topological polar surface area (TPSA) is 9.23 Å². The molecule has 0 unspecified atom stereocenters. The summed E-state index contributed by atoms with van der Waals surface area (Å²) in [6.07, 6.45) is 7.56. The van der Waals surface area contributed by atoms with E-state index >= 15 is 0 Å². The summed E-state index contributed by atoms with van der Waals surface area (Å²) in [6, 6.07) is 25.0. The summed E-state index contributed by atoms with van der Waals surface area (Å²) in [5.74, 6) is -1.26. The van der Waals surface area contributed by atoms with E-state index in [1.54, 1.807) is 6.07 Å². The zero-order valence-electron chi connectivity index (χ0n) is 19.4. The molecule has 0 aliphatic rings. The molecule has 0 N–H and O–H groups in total. The predicted octanol–water partition coefficient (Wildman–Crippen LogP) is 9.43. The molecule has 0 spiro atoms. The molecule has 1 nitrogen and oxygen atoms in total. The number of hydrogen-bond donors (Lipinski definition) is 0. The van der Waals surface area contributed by atoms with Crippen LogP contribution in [0.25, 0.3) is 33.0 Å². The summed E-state index contributed by atoms with van der Waals surface area (Å²) in [7, 11) is 0. The predicted molar refractivity (Wildman–Crippen MR) is 134 cm³/mol. The minimum absolute atomic E-state index is 0.453. The van der Waals surface area contributed by atoms with Gasteiger partial charge in [0.25, 0.3) is 0 Å². The fraction of sp³-hybridized carbons (Fsp3) is 0.267. The van der Waals surface area contributed by atoms with Gasteiger partial charge in [-0.05, 0) is 69.6 Å². The van der Waals surface area contributed by atoms with Crippen LogP contribution >= 0.6 is 0 Å². The summed E-state index contributed by atoms with van der Waals surface area (Å²) in [4.78, 5) is 0. The minimum atomic E-state index is -3.05. The van der Waals surface area contributed by atoms with Gasteiger partial charge in [-0.1, -0.05) is 93.3 Å². The number of fused-ring (bicyclic) bond motifs is 1. The first-order chi connectivity index (χ1) is 16.5. The molecular weight excluding hydrogens is 433 g/mol. The van der Waals surface area contributed by atoms with Crippen molar-refractivity contribution in [3.63, 3.8) is 0 Å². The maximum Gasteiger partial charge on any atom is 0.387 e. The molecule has 4 aromatic carbocycles. The van der Waals surface area contributed by atoms with Crippen molar-refractivity contribution in [2.24, 2.45) is 0 Å². The van der Waals surface area contributed by atoms with Crippen molar-refractivity contribution in [1.82, 2.24) is 0 Å². The van der Waals surface area contributed by atoms with Crippen LogP contribution in [0.1, 0.15) is 44.6 Å². The van der Waals surface area contributed by atoms with Crippen LogP contribution in [0.5, 0.6) is 5.75 Å². The minimum Gasteiger partial charge on any atom is -0.432 e. The van der Waals surface area contributed by atoms with Crippen molar-refractivity contribution in [3.05, 3.63) is 90.2 Å². The van der Waals surface area contributed by atoms with E-state index in [0.29, 0.717) is 5.56 Å². The number of hydrogen-bond acceptors (Lipinski definition) is 1. The molecule has 0 heterocycles. The number of rotatable bonds is 10. The van der Waals surface area contributed by atoms with Crippen molar-refractivity contribution in [3.8, 4) is 28.0 Å². The van der Waals surface area contributed by atoms with Gasteiger partial charge >= 0.3 is 6.61 Å². The average molecular weight is 463 g/mol. The lowest BCUT2D eigenvalue weighted by atomic mass is 9.97. The van der Waals surface area contributed by atoms with Crippen LogP contribution in [0.4, 0.5) is 13.2 Å². The quantitative estimate of drug-likeness (QED) is 0.213. The fourth-order valence-corrected chi connectivity index (χ4v) is 4.29. The molecule has 176 valence electrons. The normalized spacial score (nSPS) is 11.3. The Kier molecular flexibility index (Phi) is 7.89. The Bertz CT molecular complexity index is 1230. The molecule has 0 atom stereocenters. The molecule has 4 aromatic rings. The van der Waals surface area contributed by atoms with Gasteiger partial charge in [0.2, 0.25) is 0 Å². The van der Waals surface area contributed by atoms with Gasteiger partial charge < -0.3 is 4.74 Å². The van der Waals surface area contributed by atoms with Crippen LogP contribution < -0.4 is 4.74 Å². The van der Waals surface area contributed by atoms with Crippen LogP contribution in [0.2, 0.25) is 0 Å². The van der Waals surface area contributed by atoms with Gasteiger partial charge in [0.1, 0.15) is 0 Å². The number of unbranched alkanes of at least 4 members (excludes halogenated alkanes) is 4. The first-order valence-electron chi connectivity index (χ1n) is 11.9. The van der Waals surface area contributed by atoms with Crippen LogP contribution in [0.15, 0.2) is 78.9 Å². The molecule has 0 amide bonds. The first kappa shape index (κ1) is 23.9. The number of aryl methyl sites for hydroxylation is 1. The van der Waals surface area contributed by atoms with Gasteiger partial charge in [0, 0.05) is 0 Å². The Morgan fingerprint density at radius 2 is 1.24 bits per heavy atom. The second-order valence-electron chi connectivity index (χ2n) is 8.66. The molecular formula is C30H29F3O. The number of alkyl halides is 2. The molecule has 0 saturated heterocycles. The largest absolute Gasteiger partial charge is 0.432 e. The van der Waals surface area contributed by atoms with Crippen LogP contribution in [0, 0.1) is 5.82 Å². The highest BCUT2D eigenvalue weighted by molar-refractivity contribution is 5.88. The Balaban J connectivity index is 1.46. The Hall–Kier alpha value is -3.27. The van der Waals surface area contributed by atoms with Crippen LogP contribution in [-0.2, 0) is 6.42 Å². The number of halogens is 3. The lowest BCUT2D eigenvalue weighted by Gasteiger charge is -2.09. The molecule has 4 rings (SSSR count).